The molecule has 0 radical (unpaired) electrons. The molecule has 1 saturated carbocycles. The number of amides is 3. The number of aryl methyl sites for hydroxylation is 1. The van der Waals surface area contributed by atoms with Gasteiger partial charge in [-0.05, 0) is 50.0 Å². The number of nitrogens with zero attached hydrogens (tertiary/aromatic N) is 2. The average molecular weight is 397 g/mol. The molecule has 2 aliphatic heterocycles. The SMILES string of the molecule is O=C(CCN1C(=O)[C@@H]2CCCC[C@H]2C1=O)N1CCC(CCc2ccccc2)CC1. The second-order valence-electron chi connectivity index (χ2n) is 8.92. The van der Waals surface area contributed by atoms with Crippen molar-refractivity contribution >= 4 is 17.7 Å². The van der Waals surface area contributed by atoms with Crippen molar-refractivity contribution < 1.29 is 14.4 Å². The monoisotopic (exact) mass is 396 g/mol. The Morgan fingerprint density at radius 3 is 2.14 bits per heavy atom. The fraction of sp³-hybridized carbons (Fsp3) is 0.625. The van der Waals surface area contributed by atoms with Crippen molar-refractivity contribution in [2.24, 2.45) is 17.8 Å². The Morgan fingerprint density at radius 1 is 0.897 bits per heavy atom. The number of carbonyl (C=O) groups is 3. The lowest BCUT2D eigenvalue weighted by atomic mass is 9.81. The lowest BCUT2D eigenvalue weighted by Gasteiger charge is -2.32. The van der Waals surface area contributed by atoms with Crippen molar-refractivity contribution in [1.29, 1.82) is 0 Å². The van der Waals surface area contributed by atoms with Gasteiger partial charge in [-0.15, -0.1) is 0 Å². The molecule has 5 heteroatoms. The van der Waals surface area contributed by atoms with E-state index in [1.807, 2.05) is 11.0 Å². The molecule has 2 atom stereocenters. The number of benzene rings is 1. The maximum atomic E-state index is 12.6. The molecule has 0 unspecified atom stereocenters. The zero-order valence-corrected chi connectivity index (χ0v) is 17.2. The van der Waals surface area contributed by atoms with Crippen molar-refractivity contribution in [3.63, 3.8) is 0 Å². The van der Waals surface area contributed by atoms with Gasteiger partial charge in [0.1, 0.15) is 0 Å². The van der Waals surface area contributed by atoms with E-state index in [0.29, 0.717) is 5.92 Å². The van der Waals surface area contributed by atoms with Crippen LogP contribution in [0.15, 0.2) is 30.3 Å². The maximum absolute atomic E-state index is 12.6. The van der Waals surface area contributed by atoms with Crippen LogP contribution in [0.5, 0.6) is 0 Å². The molecule has 0 spiro atoms. The van der Waals surface area contributed by atoms with Crippen LogP contribution in [0.1, 0.15) is 56.9 Å². The van der Waals surface area contributed by atoms with Crippen LogP contribution in [0.4, 0.5) is 0 Å². The second-order valence-corrected chi connectivity index (χ2v) is 8.92. The number of hydrogen-bond acceptors (Lipinski definition) is 3. The Kier molecular flexibility index (Phi) is 6.31. The van der Waals surface area contributed by atoms with Gasteiger partial charge in [0.15, 0.2) is 0 Å². The Hall–Kier alpha value is -2.17. The number of likely N-dealkylation sites (tertiary alicyclic amines) is 2. The molecule has 156 valence electrons. The van der Waals surface area contributed by atoms with E-state index in [-0.39, 0.29) is 42.5 Å². The smallest absolute Gasteiger partial charge is 0.233 e. The van der Waals surface area contributed by atoms with Crippen LogP contribution in [-0.4, -0.2) is 47.2 Å². The molecular weight excluding hydrogens is 364 g/mol. The highest BCUT2D eigenvalue weighted by Crippen LogP contribution is 2.38. The van der Waals surface area contributed by atoms with Gasteiger partial charge in [-0.1, -0.05) is 43.2 Å². The molecule has 29 heavy (non-hydrogen) atoms. The number of carbonyl (C=O) groups excluding carboxylic acids is 3. The third kappa shape index (κ3) is 4.54. The van der Waals surface area contributed by atoms with E-state index in [0.717, 1.165) is 58.0 Å². The lowest BCUT2D eigenvalue weighted by Crippen LogP contribution is -2.41. The molecule has 1 aromatic carbocycles. The summed E-state index contributed by atoms with van der Waals surface area (Å²) in [6, 6.07) is 10.6. The summed E-state index contributed by atoms with van der Waals surface area (Å²) in [5.41, 5.74) is 1.38. The molecule has 3 fully saturated rings. The van der Waals surface area contributed by atoms with E-state index < -0.39 is 0 Å². The zero-order valence-electron chi connectivity index (χ0n) is 17.2. The molecule has 0 aromatic heterocycles. The van der Waals surface area contributed by atoms with Gasteiger partial charge in [0.25, 0.3) is 0 Å². The first-order chi connectivity index (χ1) is 14.1. The number of fused-ring (bicyclic) bond motifs is 1. The van der Waals surface area contributed by atoms with Crippen LogP contribution < -0.4 is 0 Å². The van der Waals surface area contributed by atoms with E-state index >= 15 is 0 Å². The first-order valence-electron chi connectivity index (χ1n) is 11.3. The fourth-order valence-corrected chi connectivity index (χ4v) is 5.30. The highest BCUT2D eigenvalue weighted by molar-refractivity contribution is 6.05. The molecule has 1 aromatic rings. The number of rotatable bonds is 6. The molecule has 2 saturated heterocycles. The number of piperidine rings is 1. The largest absolute Gasteiger partial charge is 0.343 e. The van der Waals surface area contributed by atoms with Gasteiger partial charge in [0, 0.05) is 26.1 Å². The zero-order chi connectivity index (χ0) is 20.2. The highest BCUT2D eigenvalue weighted by Gasteiger charge is 2.47. The average Bonchev–Trinajstić information content (AvgIpc) is 3.02. The number of hydrogen-bond donors (Lipinski definition) is 0. The van der Waals surface area contributed by atoms with Gasteiger partial charge >= 0.3 is 0 Å². The number of imide groups is 1. The normalized spacial score (nSPS) is 25.4. The van der Waals surface area contributed by atoms with Crippen LogP contribution >= 0.6 is 0 Å². The first-order valence-corrected chi connectivity index (χ1v) is 11.3. The van der Waals surface area contributed by atoms with Crippen LogP contribution in [0.2, 0.25) is 0 Å². The Balaban J connectivity index is 1.20. The van der Waals surface area contributed by atoms with Gasteiger partial charge in [-0.3, -0.25) is 19.3 Å². The molecule has 5 nitrogen and oxygen atoms in total. The van der Waals surface area contributed by atoms with Crippen LogP contribution in [0.3, 0.4) is 0 Å². The molecule has 3 aliphatic rings. The maximum Gasteiger partial charge on any atom is 0.233 e. The molecular formula is C24H32N2O3. The quantitative estimate of drug-likeness (QED) is 0.692. The Labute approximate surface area is 173 Å². The third-order valence-corrected chi connectivity index (χ3v) is 7.13. The molecule has 0 bridgehead atoms. The Morgan fingerprint density at radius 2 is 1.52 bits per heavy atom. The summed E-state index contributed by atoms with van der Waals surface area (Å²) in [7, 11) is 0. The van der Waals surface area contributed by atoms with Crippen molar-refractivity contribution in [2.45, 2.75) is 57.8 Å². The standard InChI is InChI=1S/C24H32N2O3/c27-22(14-17-26-23(28)20-8-4-5-9-21(20)24(26)29)25-15-12-19(13-16-25)11-10-18-6-2-1-3-7-18/h1-3,6-7,19-21H,4-5,8-17H2/t20-,21-/m1/s1. The van der Waals surface area contributed by atoms with Crippen LogP contribution in [0, 0.1) is 17.8 Å². The van der Waals surface area contributed by atoms with Crippen molar-refractivity contribution in [3.05, 3.63) is 35.9 Å². The van der Waals surface area contributed by atoms with Gasteiger partial charge < -0.3 is 4.90 Å². The van der Waals surface area contributed by atoms with E-state index in [4.69, 9.17) is 0 Å². The van der Waals surface area contributed by atoms with Crippen LogP contribution in [-0.2, 0) is 20.8 Å². The third-order valence-electron chi connectivity index (χ3n) is 7.13. The summed E-state index contributed by atoms with van der Waals surface area (Å²) < 4.78 is 0. The topological polar surface area (TPSA) is 57.7 Å². The minimum atomic E-state index is -0.119. The van der Waals surface area contributed by atoms with Gasteiger partial charge in [0.05, 0.1) is 11.8 Å². The van der Waals surface area contributed by atoms with Crippen LogP contribution in [0.25, 0.3) is 0 Å². The van der Waals surface area contributed by atoms with Gasteiger partial charge in [-0.25, -0.2) is 0 Å². The molecule has 3 amide bonds. The first kappa shape index (κ1) is 20.1. The molecule has 2 heterocycles. The van der Waals surface area contributed by atoms with Gasteiger partial charge in [-0.2, -0.15) is 0 Å². The summed E-state index contributed by atoms with van der Waals surface area (Å²) in [4.78, 5) is 41.1. The van der Waals surface area contributed by atoms with E-state index in [1.165, 1.54) is 16.9 Å². The molecule has 4 rings (SSSR count). The van der Waals surface area contributed by atoms with E-state index in [2.05, 4.69) is 24.3 Å². The van der Waals surface area contributed by atoms with Crippen molar-refractivity contribution in [1.82, 2.24) is 9.80 Å². The summed E-state index contributed by atoms with van der Waals surface area (Å²) in [5.74, 6) is 0.448. The van der Waals surface area contributed by atoms with E-state index in [1.54, 1.807) is 0 Å². The summed E-state index contributed by atoms with van der Waals surface area (Å²) >= 11 is 0. The molecule has 0 N–H and O–H groups in total. The lowest BCUT2D eigenvalue weighted by molar-refractivity contribution is -0.141. The Bertz CT molecular complexity index is 716. The summed E-state index contributed by atoms with van der Waals surface area (Å²) in [5, 5.41) is 0. The van der Waals surface area contributed by atoms with E-state index in [9.17, 15) is 14.4 Å². The fourth-order valence-electron chi connectivity index (χ4n) is 5.30. The van der Waals surface area contributed by atoms with Crippen molar-refractivity contribution in [3.8, 4) is 0 Å². The highest BCUT2D eigenvalue weighted by atomic mass is 16.2. The molecule has 1 aliphatic carbocycles. The minimum absolute atomic E-state index is 0.0351. The second kappa shape index (κ2) is 9.10. The van der Waals surface area contributed by atoms with Gasteiger partial charge in [0.2, 0.25) is 17.7 Å². The summed E-state index contributed by atoms with van der Waals surface area (Å²) in [6.07, 6.45) is 8.36. The predicted molar refractivity (Wildman–Crippen MR) is 111 cm³/mol. The minimum Gasteiger partial charge on any atom is -0.343 e. The summed E-state index contributed by atoms with van der Waals surface area (Å²) in [6.45, 7) is 1.86. The predicted octanol–water partition coefficient (Wildman–Crippen LogP) is 3.42. The van der Waals surface area contributed by atoms with Crippen molar-refractivity contribution in [2.75, 3.05) is 19.6 Å².